The van der Waals surface area contributed by atoms with Gasteiger partial charge in [0.2, 0.25) is 12.7 Å². The molecule has 2 aromatic rings. The maximum Gasteiger partial charge on any atom is 0.253 e. The molecule has 9 heteroatoms. The number of ether oxygens (including phenoxy) is 4. The molecule has 192 valence electrons. The van der Waals surface area contributed by atoms with Gasteiger partial charge in [0.1, 0.15) is 12.4 Å². The Balaban J connectivity index is 1.17. The van der Waals surface area contributed by atoms with E-state index in [4.69, 9.17) is 18.9 Å². The number of nitrogens with zero attached hydrogens (tertiary/aromatic N) is 1. The Morgan fingerprint density at radius 3 is 2.86 bits per heavy atom. The predicted octanol–water partition coefficient (Wildman–Crippen LogP) is 2.02. The van der Waals surface area contributed by atoms with Crippen molar-refractivity contribution in [2.24, 2.45) is 0 Å². The summed E-state index contributed by atoms with van der Waals surface area (Å²) in [5, 5.41) is 5.96. The van der Waals surface area contributed by atoms with Gasteiger partial charge in [0.25, 0.3) is 5.91 Å². The number of fused-ring (bicyclic) bond motifs is 2. The Bertz CT molecular complexity index is 1090. The van der Waals surface area contributed by atoms with E-state index in [0.29, 0.717) is 51.6 Å². The van der Waals surface area contributed by atoms with Crippen LogP contribution in [-0.4, -0.2) is 68.5 Å². The van der Waals surface area contributed by atoms with Crippen LogP contribution in [0.5, 0.6) is 17.2 Å². The Labute approximate surface area is 211 Å². The lowest BCUT2D eigenvalue weighted by molar-refractivity contribution is -0.163. The fraction of sp³-hybridized carbons (Fsp3) is 0.481. The van der Waals surface area contributed by atoms with E-state index in [0.717, 1.165) is 36.3 Å². The Kier molecular flexibility index (Phi) is 7.58. The lowest BCUT2D eigenvalue weighted by atomic mass is 9.91. The molecule has 36 heavy (non-hydrogen) atoms. The topological polar surface area (TPSA) is 98.4 Å². The van der Waals surface area contributed by atoms with Crippen molar-refractivity contribution < 1.29 is 28.5 Å². The van der Waals surface area contributed by atoms with Gasteiger partial charge >= 0.3 is 0 Å². The van der Waals surface area contributed by atoms with Gasteiger partial charge < -0.3 is 29.6 Å². The Hall–Kier alpha value is -3.30. The summed E-state index contributed by atoms with van der Waals surface area (Å²) in [4.78, 5) is 28.0. The molecule has 0 aromatic heterocycles. The van der Waals surface area contributed by atoms with Gasteiger partial charge in [-0.15, -0.1) is 0 Å². The minimum atomic E-state index is -0.964. The maximum absolute atomic E-state index is 13.2. The van der Waals surface area contributed by atoms with Crippen LogP contribution in [0.25, 0.3) is 0 Å². The average Bonchev–Trinajstić information content (AvgIpc) is 3.36. The van der Waals surface area contributed by atoms with Crippen molar-refractivity contribution in [1.29, 1.82) is 0 Å². The van der Waals surface area contributed by atoms with Crippen LogP contribution in [0.15, 0.2) is 42.5 Å². The van der Waals surface area contributed by atoms with E-state index in [9.17, 15) is 9.59 Å². The van der Waals surface area contributed by atoms with E-state index in [1.165, 1.54) is 5.56 Å². The van der Waals surface area contributed by atoms with Gasteiger partial charge in [-0.05, 0) is 55.0 Å². The molecule has 0 radical (unpaired) electrons. The highest BCUT2D eigenvalue weighted by Crippen LogP contribution is 2.32. The van der Waals surface area contributed by atoms with Gasteiger partial charge in [0, 0.05) is 19.6 Å². The minimum Gasteiger partial charge on any atom is -0.491 e. The number of carbonyl (C=O) groups is 2. The van der Waals surface area contributed by atoms with Gasteiger partial charge in [0.05, 0.1) is 19.7 Å². The van der Waals surface area contributed by atoms with Crippen LogP contribution >= 0.6 is 0 Å². The van der Waals surface area contributed by atoms with Gasteiger partial charge in [0.15, 0.2) is 17.1 Å². The first kappa shape index (κ1) is 24.4. The molecule has 1 saturated heterocycles. The molecule has 2 aromatic carbocycles. The first-order valence-electron chi connectivity index (χ1n) is 12.6. The molecule has 2 amide bonds. The summed E-state index contributed by atoms with van der Waals surface area (Å²) >= 11 is 0. The van der Waals surface area contributed by atoms with Crippen LogP contribution in [-0.2, 0) is 27.3 Å². The van der Waals surface area contributed by atoms with E-state index >= 15 is 0 Å². The normalized spacial score (nSPS) is 22.5. The van der Waals surface area contributed by atoms with Gasteiger partial charge in [-0.3, -0.25) is 14.5 Å². The van der Waals surface area contributed by atoms with Crippen LogP contribution in [0, 0.1) is 0 Å². The third-order valence-corrected chi connectivity index (χ3v) is 6.87. The van der Waals surface area contributed by atoms with Crippen molar-refractivity contribution in [3.63, 3.8) is 0 Å². The number of morpholine rings is 1. The van der Waals surface area contributed by atoms with E-state index in [1.807, 2.05) is 41.3 Å². The summed E-state index contributed by atoms with van der Waals surface area (Å²) in [7, 11) is 0. The zero-order chi connectivity index (χ0) is 24.8. The molecule has 0 saturated carbocycles. The van der Waals surface area contributed by atoms with Crippen LogP contribution in [0.3, 0.4) is 0 Å². The van der Waals surface area contributed by atoms with Gasteiger partial charge in [-0.25, -0.2) is 0 Å². The van der Waals surface area contributed by atoms with Crippen LogP contribution in [0.2, 0.25) is 0 Å². The molecule has 2 N–H and O–H groups in total. The number of carbonyl (C=O) groups excluding carboxylic acids is 2. The molecule has 0 aliphatic carbocycles. The third-order valence-electron chi connectivity index (χ3n) is 6.87. The second kappa shape index (κ2) is 11.2. The molecule has 0 bridgehead atoms. The number of nitrogens with one attached hydrogen (secondary N) is 2. The first-order chi connectivity index (χ1) is 17.6. The Morgan fingerprint density at radius 2 is 1.92 bits per heavy atom. The number of para-hydroxylation sites is 1. The molecule has 1 spiro atoms. The molecule has 3 aliphatic rings. The van der Waals surface area contributed by atoms with Crippen molar-refractivity contribution >= 4 is 11.8 Å². The number of aryl methyl sites for hydroxylation is 1. The molecule has 5 rings (SSSR count). The zero-order valence-electron chi connectivity index (χ0n) is 20.4. The number of amides is 2. The highest BCUT2D eigenvalue weighted by atomic mass is 16.7. The van der Waals surface area contributed by atoms with E-state index in [-0.39, 0.29) is 25.2 Å². The lowest BCUT2D eigenvalue weighted by Crippen LogP contribution is -2.61. The summed E-state index contributed by atoms with van der Waals surface area (Å²) in [6.45, 7) is 3.00. The van der Waals surface area contributed by atoms with Crippen LogP contribution in [0.1, 0.15) is 30.4 Å². The van der Waals surface area contributed by atoms with E-state index in [1.54, 1.807) is 0 Å². The quantitative estimate of drug-likeness (QED) is 0.670. The highest BCUT2D eigenvalue weighted by Gasteiger charge is 2.43. The smallest absolute Gasteiger partial charge is 0.253 e. The van der Waals surface area contributed by atoms with Crippen molar-refractivity contribution in [3.05, 3.63) is 53.6 Å². The van der Waals surface area contributed by atoms with Gasteiger partial charge in [-0.1, -0.05) is 24.3 Å². The maximum atomic E-state index is 13.2. The molecular weight excluding hydrogens is 462 g/mol. The highest BCUT2D eigenvalue weighted by molar-refractivity contribution is 5.86. The van der Waals surface area contributed by atoms with Crippen LogP contribution < -0.4 is 24.8 Å². The summed E-state index contributed by atoms with van der Waals surface area (Å²) in [5.41, 5.74) is 1.16. The summed E-state index contributed by atoms with van der Waals surface area (Å²) < 4.78 is 22.8. The first-order valence-corrected chi connectivity index (χ1v) is 12.6. The minimum absolute atomic E-state index is 0.0942. The summed E-state index contributed by atoms with van der Waals surface area (Å²) in [6, 6.07) is 13.7. The summed E-state index contributed by atoms with van der Waals surface area (Å²) in [5.74, 6) is 2.07. The standard InChI is InChI=1S/C27H33N3O6/c31-25(29-16-20-8-9-23-24(15-20)35-19-34-23)17-30-12-14-36-27(18-30)10-4-3-6-21-5-1-2-7-22(21)33-13-11-28-26(27)32/h1-2,5,7-9,15H,3-4,6,10-14,16-19H2,(H,28,32)(H,29,31). The van der Waals surface area contributed by atoms with E-state index in [2.05, 4.69) is 16.7 Å². The van der Waals surface area contributed by atoms with Crippen molar-refractivity contribution in [2.45, 2.75) is 37.8 Å². The fourth-order valence-corrected chi connectivity index (χ4v) is 4.97. The number of rotatable bonds is 4. The largest absolute Gasteiger partial charge is 0.491 e. The SMILES string of the molecule is O=C(CN1CCOC2(CCCCc3ccccc3OCCNC2=O)C1)NCc1ccc2c(c1)OCO2. The molecule has 3 heterocycles. The predicted molar refractivity (Wildman–Crippen MR) is 132 cm³/mol. The second-order valence-corrected chi connectivity index (χ2v) is 9.44. The molecule has 1 atom stereocenters. The molecule has 3 aliphatic heterocycles. The van der Waals surface area contributed by atoms with Crippen molar-refractivity contribution in [1.82, 2.24) is 15.5 Å². The van der Waals surface area contributed by atoms with Gasteiger partial charge in [-0.2, -0.15) is 0 Å². The van der Waals surface area contributed by atoms with Crippen LogP contribution in [0.4, 0.5) is 0 Å². The van der Waals surface area contributed by atoms with E-state index < -0.39 is 5.60 Å². The molecule has 1 unspecified atom stereocenters. The molecule has 1 fully saturated rings. The van der Waals surface area contributed by atoms with Crippen molar-refractivity contribution in [2.75, 3.05) is 46.2 Å². The number of hydrogen-bond donors (Lipinski definition) is 2. The number of benzene rings is 2. The second-order valence-electron chi connectivity index (χ2n) is 9.44. The molecular formula is C27H33N3O6. The third kappa shape index (κ3) is 5.74. The summed E-state index contributed by atoms with van der Waals surface area (Å²) in [6.07, 6.45) is 3.26. The Morgan fingerprint density at radius 1 is 1.03 bits per heavy atom. The lowest BCUT2D eigenvalue weighted by Gasteiger charge is -2.41. The zero-order valence-corrected chi connectivity index (χ0v) is 20.4. The molecule has 9 nitrogen and oxygen atoms in total. The van der Waals surface area contributed by atoms with Crippen molar-refractivity contribution in [3.8, 4) is 17.2 Å². The monoisotopic (exact) mass is 495 g/mol. The average molecular weight is 496 g/mol. The number of hydrogen-bond acceptors (Lipinski definition) is 7. The fourth-order valence-electron chi connectivity index (χ4n) is 4.97.